The average molecular weight is 474 g/mol. The van der Waals surface area contributed by atoms with Crippen LogP contribution in [0.4, 0.5) is 0 Å². The fourth-order valence-electron chi connectivity index (χ4n) is 1.80. The van der Waals surface area contributed by atoms with E-state index in [9.17, 15) is 4.79 Å². The van der Waals surface area contributed by atoms with Crippen molar-refractivity contribution in [3.63, 3.8) is 0 Å². The van der Waals surface area contributed by atoms with E-state index in [1.54, 1.807) is 17.4 Å². The third kappa shape index (κ3) is 3.27. The molecular formula is C15H9BrINO2S. The van der Waals surface area contributed by atoms with Crippen LogP contribution in [0.1, 0.15) is 16.0 Å². The van der Waals surface area contributed by atoms with Gasteiger partial charge in [0, 0.05) is 14.0 Å². The van der Waals surface area contributed by atoms with Gasteiger partial charge >= 0.3 is 5.97 Å². The molecule has 2 heterocycles. The van der Waals surface area contributed by atoms with Gasteiger partial charge in [-0.15, -0.1) is 11.3 Å². The van der Waals surface area contributed by atoms with Gasteiger partial charge < -0.3 is 4.74 Å². The molecule has 106 valence electrons. The molecule has 0 saturated heterocycles. The summed E-state index contributed by atoms with van der Waals surface area (Å²) in [5, 5.41) is 0. The van der Waals surface area contributed by atoms with Crippen LogP contribution in [0.3, 0.4) is 0 Å². The maximum atomic E-state index is 11.9. The molecule has 1 aliphatic heterocycles. The van der Waals surface area contributed by atoms with Gasteiger partial charge in [-0.25, -0.2) is 9.79 Å². The van der Waals surface area contributed by atoms with E-state index >= 15 is 0 Å². The summed E-state index contributed by atoms with van der Waals surface area (Å²) in [6.07, 6.45) is 1.74. The number of thiophene rings is 1. The molecule has 1 aliphatic rings. The quantitative estimate of drug-likeness (QED) is 0.358. The molecule has 0 unspecified atom stereocenters. The zero-order valence-electron chi connectivity index (χ0n) is 10.9. The fraction of sp³-hybridized carbons (Fsp3) is 0.0667. The first-order valence-corrected chi connectivity index (χ1v) is 8.76. The highest BCUT2D eigenvalue weighted by Gasteiger charge is 2.24. The van der Waals surface area contributed by atoms with Crippen molar-refractivity contribution < 1.29 is 9.53 Å². The molecule has 2 aromatic rings. The molecular weight excluding hydrogens is 465 g/mol. The number of hydrogen-bond acceptors (Lipinski definition) is 4. The van der Waals surface area contributed by atoms with Gasteiger partial charge in [0.05, 0.1) is 3.79 Å². The van der Waals surface area contributed by atoms with Crippen LogP contribution in [0.15, 0.2) is 44.8 Å². The number of carbonyl (C=O) groups excluding carboxylic acids is 1. The smallest absolute Gasteiger partial charge is 0.363 e. The van der Waals surface area contributed by atoms with E-state index in [1.807, 2.05) is 37.3 Å². The van der Waals surface area contributed by atoms with E-state index < -0.39 is 5.97 Å². The molecule has 3 nitrogen and oxygen atoms in total. The Labute approximate surface area is 148 Å². The zero-order valence-corrected chi connectivity index (χ0v) is 15.5. The molecule has 3 rings (SSSR count). The standard InChI is InChI=1S/C15H9BrINO2S/c1-8-2-3-9(6-11(8)17)14-18-12(15(19)20-14)7-10-4-5-13(16)21-10/h2-7H,1H3. The Balaban J connectivity index is 1.95. The molecule has 0 radical (unpaired) electrons. The molecule has 1 aromatic heterocycles. The summed E-state index contributed by atoms with van der Waals surface area (Å²) in [7, 11) is 0. The third-order valence-corrected chi connectivity index (χ3v) is 5.65. The van der Waals surface area contributed by atoms with Gasteiger partial charge in [0.1, 0.15) is 0 Å². The lowest BCUT2D eigenvalue weighted by atomic mass is 10.1. The number of hydrogen-bond donors (Lipinski definition) is 0. The van der Waals surface area contributed by atoms with Crippen molar-refractivity contribution >= 4 is 67.8 Å². The van der Waals surface area contributed by atoms with Gasteiger partial charge in [-0.05, 0) is 81.3 Å². The monoisotopic (exact) mass is 473 g/mol. The number of benzene rings is 1. The highest BCUT2D eigenvalue weighted by molar-refractivity contribution is 14.1. The molecule has 0 N–H and O–H groups in total. The van der Waals surface area contributed by atoms with Crippen molar-refractivity contribution in [2.45, 2.75) is 6.92 Å². The van der Waals surface area contributed by atoms with E-state index in [-0.39, 0.29) is 0 Å². The topological polar surface area (TPSA) is 38.7 Å². The molecule has 0 fully saturated rings. The second-order valence-electron chi connectivity index (χ2n) is 4.44. The minimum Gasteiger partial charge on any atom is -0.402 e. The summed E-state index contributed by atoms with van der Waals surface area (Å²) in [6, 6.07) is 9.73. The SMILES string of the molecule is Cc1ccc(C2=NC(=Cc3ccc(Br)s3)C(=O)O2)cc1I. The van der Waals surface area contributed by atoms with Crippen LogP contribution in [0.5, 0.6) is 0 Å². The summed E-state index contributed by atoms with van der Waals surface area (Å²) >= 11 is 7.19. The number of cyclic esters (lactones) is 1. The Bertz CT molecular complexity index is 795. The molecule has 0 atom stereocenters. The van der Waals surface area contributed by atoms with Crippen molar-refractivity contribution in [2.24, 2.45) is 4.99 Å². The molecule has 0 spiro atoms. The van der Waals surface area contributed by atoms with Crippen LogP contribution in [0, 0.1) is 10.5 Å². The van der Waals surface area contributed by atoms with Crippen LogP contribution in [0.2, 0.25) is 0 Å². The van der Waals surface area contributed by atoms with Crippen LogP contribution in [-0.4, -0.2) is 11.9 Å². The van der Waals surface area contributed by atoms with Gasteiger partial charge in [0.25, 0.3) is 0 Å². The maximum absolute atomic E-state index is 11.9. The normalized spacial score (nSPS) is 16.2. The largest absolute Gasteiger partial charge is 0.402 e. The predicted octanol–water partition coefficient (Wildman–Crippen LogP) is 4.77. The van der Waals surface area contributed by atoms with Crippen molar-refractivity contribution in [3.8, 4) is 0 Å². The van der Waals surface area contributed by atoms with Gasteiger partial charge in [0.2, 0.25) is 5.90 Å². The Morgan fingerprint density at radius 3 is 2.81 bits per heavy atom. The lowest BCUT2D eigenvalue weighted by molar-refractivity contribution is -0.129. The molecule has 1 aromatic carbocycles. The van der Waals surface area contributed by atoms with Gasteiger partial charge in [0.15, 0.2) is 5.70 Å². The number of ether oxygens (including phenoxy) is 1. The lowest BCUT2D eigenvalue weighted by Crippen LogP contribution is -2.05. The number of esters is 1. The van der Waals surface area contributed by atoms with Crippen molar-refractivity contribution in [1.29, 1.82) is 0 Å². The van der Waals surface area contributed by atoms with Gasteiger partial charge in [-0.3, -0.25) is 0 Å². The highest BCUT2D eigenvalue weighted by Crippen LogP contribution is 2.26. The lowest BCUT2D eigenvalue weighted by Gasteiger charge is -2.02. The first-order chi connectivity index (χ1) is 10.0. The Hall–Kier alpha value is -0.990. The van der Waals surface area contributed by atoms with Crippen LogP contribution >= 0.6 is 49.9 Å². The number of carbonyl (C=O) groups is 1. The van der Waals surface area contributed by atoms with Gasteiger partial charge in [-0.2, -0.15) is 0 Å². The first-order valence-electron chi connectivity index (χ1n) is 6.07. The second-order valence-corrected chi connectivity index (χ2v) is 8.10. The van der Waals surface area contributed by atoms with Crippen LogP contribution in [-0.2, 0) is 9.53 Å². The molecule has 0 aliphatic carbocycles. The molecule has 0 saturated carbocycles. The minimum absolute atomic E-state index is 0.329. The number of rotatable bonds is 2. The predicted molar refractivity (Wildman–Crippen MR) is 96.5 cm³/mol. The Morgan fingerprint density at radius 2 is 2.14 bits per heavy atom. The summed E-state index contributed by atoms with van der Waals surface area (Å²) in [6.45, 7) is 2.04. The molecule has 0 bridgehead atoms. The number of aryl methyl sites for hydroxylation is 1. The zero-order chi connectivity index (χ0) is 15.0. The first kappa shape index (κ1) is 14.9. The van der Waals surface area contributed by atoms with Crippen molar-refractivity contribution in [3.05, 3.63) is 59.4 Å². The number of nitrogens with zero attached hydrogens (tertiary/aromatic N) is 1. The van der Waals surface area contributed by atoms with E-state index in [2.05, 4.69) is 43.5 Å². The summed E-state index contributed by atoms with van der Waals surface area (Å²) < 4.78 is 7.39. The van der Waals surface area contributed by atoms with Gasteiger partial charge in [-0.1, -0.05) is 6.07 Å². The fourth-order valence-corrected chi connectivity index (χ4v) is 3.68. The number of aliphatic imine (C=N–C) groups is 1. The van der Waals surface area contributed by atoms with E-state index in [1.165, 1.54) is 5.56 Å². The highest BCUT2D eigenvalue weighted by atomic mass is 127. The summed E-state index contributed by atoms with van der Waals surface area (Å²) in [4.78, 5) is 17.2. The Morgan fingerprint density at radius 1 is 1.33 bits per heavy atom. The molecule has 21 heavy (non-hydrogen) atoms. The van der Waals surface area contributed by atoms with E-state index in [0.29, 0.717) is 11.6 Å². The van der Waals surface area contributed by atoms with Crippen molar-refractivity contribution in [2.75, 3.05) is 0 Å². The molecule has 0 amide bonds. The maximum Gasteiger partial charge on any atom is 0.363 e. The van der Waals surface area contributed by atoms with Crippen molar-refractivity contribution in [1.82, 2.24) is 0 Å². The second kappa shape index (κ2) is 6.02. The summed E-state index contributed by atoms with van der Waals surface area (Å²) in [5.41, 5.74) is 2.33. The molecule has 6 heteroatoms. The minimum atomic E-state index is -0.412. The van der Waals surface area contributed by atoms with Crippen LogP contribution in [0.25, 0.3) is 6.08 Å². The van der Waals surface area contributed by atoms with Crippen LogP contribution < -0.4 is 0 Å². The number of halogens is 2. The average Bonchev–Trinajstić information content (AvgIpc) is 3.00. The third-order valence-electron chi connectivity index (χ3n) is 2.91. The summed E-state index contributed by atoms with van der Waals surface area (Å²) in [5.74, 6) is -0.0510. The van der Waals surface area contributed by atoms with E-state index in [0.717, 1.165) is 17.8 Å². The van der Waals surface area contributed by atoms with E-state index in [4.69, 9.17) is 4.74 Å². The Kier molecular flexibility index (Phi) is 4.28.